The van der Waals surface area contributed by atoms with Gasteiger partial charge in [0.05, 0.1) is 0 Å². The van der Waals surface area contributed by atoms with E-state index in [9.17, 15) is 19.5 Å². The molecule has 1 aromatic rings. The Balaban J connectivity index is 1.75. The zero-order chi connectivity index (χ0) is 17.6. The number of aliphatic hydroxyl groups excluding tert-OH is 1. The molecule has 1 fully saturated rings. The first-order valence-electron chi connectivity index (χ1n) is 8.46. The van der Waals surface area contributed by atoms with Crippen molar-refractivity contribution in [2.24, 2.45) is 5.92 Å². The smallest absolute Gasteiger partial charge is 0.482 e. The highest BCUT2D eigenvalue weighted by Gasteiger charge is 2.64. The number of likely N-dealkylation sites (N-methyl/N-ethyl adjacent to an activating group) is 1. The van der Waals surface area contributed by atoms with Crippen LogP contribution in [-0.4, -0.2) is 51.6 Å². The molecule has 134 valence electrons. The van der Waals surface area contributed by atoms with Gasteiger partial charge in [0.1, 0.15) is 12.2 Å². The van der Waals surface area contributed by atoms with Crippen LogP contribution in [0.4, 0.5) is 0 Å². The van der Waals surface area contributed by atoms with E-state index in [2.05, 4.69) is 18.0 Å². The Kier molecular flexibility index (Phi) is 3.09. The van der Waals surface area contributed by atoms with E-state index in [1.165, 1.54) is 0 Å². The van der Waals surface area contributed by atoms with Crippen molar-refractivity contribution >= 4 is 7.82 Å². The Hall–Kier alpha value is -1.37. The van der Waals surface area contributed by atoms with Gasteiger partial charge in [-0.05, 0) is 38.1 Å². The van der Waals surface area contributed by atoms with Crippen molar-refractivity contribution in [3.8, 4) is 11.5 Å². The van der Waals surface area contributed by atoms with Crippen LogP contribution in [0.5, 0.6) is 11.5 Å². The standard InChI is InChI=1S/C17H20NO6P/c1-18-7-6-17-10-3-4-12(19)16(17)23-15-13(24-25(20,21)22)5-2-9(14(15)17)8-11(10)18/h2-5,10-12,16,19H,6-8H2,1H3,(H2,20,21,22)/t10-,11+,12-,16-,17-/m0/s1. The maximum absolute atomic E-state index is 11.3. The Morgan fingerprint density at radius 2 is 2.16 bits per heavy atom. The van der Waals surface area contributed by atoms with Crippen LogP contribution in [-0.2, 0) is 16.4 Å². The molecular formula is C17H20NO6P. The number of hydrogen-bond acceptors (Lipinski definition) is 5. The first-order valence-corrected chi connectivity index (χ1v) is 9.99. The number of rotatable bonds is 2. The monoisotopic (exact) mass is 365 g/mol. The summed E-state index contributed by atoms with van der Waals surface area (Å²) in [5, 5.41) is 10.6. The summed E-state index contributed by atoms with van der Waals surface area (Å²) in [6, 6.07) is 3.78. The Labute approximate surface area is 145 Å². The average molecular weight is 365 g/mol. The lowest BCUT2D eigenvalue weighted by molar-refractivity contribution is -0.0452. The number of ether oxygens (including phenoxy) is 1. The maximum Gasteiger partial charge on any atom is 0.524 e. The number of phosphoric acid groups is 1. The molecule has 2 aliphatic heterocycles. The van der Waals surface area contributed by atoms with Crippen LogP contribution in [0.2, 0.25) is 0 Å². The van der Waals surface area contributed by atoms with Crippen LogP contribution in [0.15, 0.2) is 24.3 Å². The van der Waals surface area contributed by atoms with Crippen LogP contribution in [0.3, 0.4) is 0 Å². The van der Waals surface area contributed by atoms with Gasteiger partial charge in [0.25, 0.3) is 0 Å². The molecule has 0 unspecified atom stereocenters. The molecule has 0 amide bonds. The van der Waals surface area contributed by atoms with Gasteiger partial charge in [0.2, 0.25) is 0 Å². The average Bonchev–Trinajstić information content (AvgIpc) is 2.88. The van der Waals surface area contributed by atoms with Gasteiger partial charge >= 0.3 is 7.82 Å². The second kappa shape index (κ2) is 4.87. The molecular weight excluding hydrogens is 345 g/mol. The highest BCUT2D eigenvalue weighted by molar-refractivity contribution is 7.46. The molecule has 25 heavy (non-hydrogen) atoms. The number of likely N-dealkylation sites (tertiary alicyclic amines) is 1. The fourth-order valence-corrected chi connectivity index (χ4v) is 5.83. The third-order valence-electron chi connectivity index (χ3n) is 6.35. The molecule has 1 saturated heterocycles. The summed E-state index contributed by atoms with van der Waals surface area (Å²) in [4.78, 5) is 20.8. The lowest BCUT2D eigenvalue weighted by Crippen LogP contribution is -2.64. The molecule has 4 aliphatic rings. The fraction of sp³-hybridized carbons (Fsp3) is 0.529. The van der Waals surface area contributed by atoms with E-state index >= 15 is 0 Å². The predicted molar refractivity (Wildman–Crippen MR) is 88.6 cm³/mol. The molecule has 2 bridgehead atoms. The van der Waals surface area contributed by atoms with E-state index < -0.39 is 20.0 Å². The second-order valence-electron chi connectivity index (χ2n) is 7.49. The summed E-state index contributed by atoms with van der Waals surface area (Å²) in [6.07, 6.45) is 4.36. The zero-order valence-electron chi connectivity index (χ0n) is 13.7. The van der Waals surface area contributed by atoms with Gasteiger partial charge in [-0.1, -0.05) is 18.2 Å². The molecule has 0 aromatic heterocycles. The van der Waals surface area contributed by atoms with Gasteiger partial charge in [-0.2, -0.15) is 0 Å². The molecule has 5 rings (SSSR count). The van der Waals surface area contributed by atoms with Crippen molar-refractivity contribution in [2.45, 2.75) is 36.5 Å². The minimum atomic E-state index is -4.69. The summed E-state index contributed by atoms with van der Waals surface area (Å²) < 4.78 is 22.3. The van der Waals surface area contributed by atoms with Crippen molar-refractivity contribution < 1.29 is 28.7 Å². The number of nitrogens with zero attached hydrogens (tertiary/aromatic N) is 1. The van der Waals surface area contributed by atoms with Crippen LogP contribution in [0.25, 0.3) is 0 Å². The fourth-order valence-electron chi connectivity index (χ4n) is 5.43. The van der Waals surface area contributed by atoms with Crippen molar-refractivity contribution in [1.82, 2.24) is 4.90 Å². The highest BCUT2D eigenvalue weighted by atomic mass is 31.2. The van der Waals surface area contributed by atoms with Crippen molar-refractivity contribution in [1.29, 1.82) is 0 Å². The first-order chi connectivity index (χ1) is 11.8. The summed E-state index contributed by atoms with van der Waals surface area (Å²) in [7, 11) is -2.57. The number of aliphatic hydroxyl groups is 1. The Morgan fingerprint density at radius 3 is 2.92 bits per heavy atom. The van der Waals surface area contributed by atoms with Gasteiger partial charge in [0, 0.05) is 22.9 Å². The van der Waals surface area contributed by atoms with Gasteiger partial charge in [-0.15, -0.1) is 0 Å². The van der Waals surface area contributed by atoms with Gasteiger partial charge < -0.3 is 19.3 Å². The number of phosphoric ester groups is 1. The molecule has 3 N–H and O–H groups in total. The van der Waals surface area contributed by atoms with E-state index in [1.54, 1.807) is 12.1 Å². The molecule has 1 spiro atoms. The van der Waals surface area contributed by atoms with E-state index in [0.717, 1.165) is 30.5 Å². The van der Waals surface area contributed by atoms with E-state index in [4.69, 9.17) is 9.26 Å². The second-order valence-corrected chi connectivity index (χ2v) is 8.65. The molecule has 1 aromatic carbocycles. The minimum Gasteiger partial charge on any atom is -0.482 e. The molecule has 8 heteroatoms. The third-order valence-corrected chi connectivity index (χ3v) is 6.79. The topological polar surface area (TPSA) is 99.5 Å². The number of piperidine rings is 1. The molecule has 2 heterocycles. The third kappa shape index (κ3) is 1.99. The van der Waals surface area contributed by atoms with Crippen LogP contribution in [0.1, 0.15) is 17.5 Å². The molecule has 0 radical (unpaired) electrons. The summed E-state index contributed by atoms with van der Waals surface area (Å²) >= 11 is 0. The zero-order valence-corrected chi connectivity index (χ0v) is 14.6. The molecule has 5 atom stereocenters. The van der Waals surface area contributed by atoms with Crippen molar-refractivity contribution in [3.63, 3.8) is 0 Å². The quantitative estimate of drug-likeness (QED) is 0.530. The van der Waals surface area contributed by atoms with E-state index in [1.807, 2.05) is 6.07 Å². The van der Waals surface area contributed by atoms with Gasteiger partial charge in [-0.25, -0.2) is 4.57 Å². The maximum atomic E-state index is 11.3. The summed E-state index contributed by atoms with van der Waals surface area (Å²) in [6.45, 7) is 0.893. The Morgan fingerprint density at radius 1 is 1.36 bits per heavy atom. The van der Waals surface area contributed by atoms with E-state index in [0.29, 0.717) is 11.8 Å². The largest absolute Gasteiger partial charge is 0.524 e. The SMILES string of the molecule is CN1CC[C@]23c4c5ccc(OP(=O)(O)O)c4O[C@H]2[C@@H](O)C=C[C@H]3[C@H]1C5. The predicted octanol–water partition coefficient (Wildman–Crippen LogP) is 0.964. The Bertz CT molecular complexity index is 835. The number of benzene rings is 1. The van der Waals surface area contributed by atoms with Gasteiger partial charge in [0.15, 0.2) is 11.5 Å². The minimum absolute atomic E-state index is 0.0548. The van der Waals surface area contributed by atoms with Gasteiger partial charge in [-0.3, -0.25) is 9.79 Å². The van der Waals surface area contributed by atoms with Crippen molar-refractivity contribution in [3.05, 3.63) is 35.4 Å². The highest BCUT2D eigenvalue weighted by Crippen LogP contribution is 2.63. The number of hydrogen-bond donors (Lipinski definition) is 3. The van der Waals surface area contributed by atoms with Crippen LogP contribution < -0.4 is 9.26 Å². The lowest BCUT2D eigenvalue weighted by Gasteiger charge is -2.56. The van der Waals surface area contributed by atoms with Crippen LogP contribution in [0, 0.1) is 5.92 Å². The normalized spacial score (nSPS) is 38.2. The first kappa shape index (κ1) is 15.9. The van der Waals surface area contributed by atoms with E-state index in [-0.39, 0.29) is 17.1 Å². The van der Waals surface area contributed by atoms with Crippen LogP contribution >= 0.6 is 7.82 Å². The summed E-state index contributed by atoms with van der Waals surface area (Å²) in [5.41, 5.74) is 1.73. The lowest BCUT2D eigenvalue weighted by atomic mass is 9.53. The van der Waals surface area contributed by atoms with Crippen molar-refractivity contribution in [2.75, 3.05) is 13.6 Å². The summed E-state index contributed by atoms with van der Waals surface area (Å²) in [5.74, 6) is 0.652. The molecule has 0 saturated carbocycles. The molecule has 7 nitrogen and oxygen atoms in total. The molecule has 2 aliphatic carbocycles.